The zero-order valence-corrected chi connectivity index (χ0v) is 15.9. The lowest BCUT2D eigenvalue weighted by atomic mass is 10.1. The molecule has 1 aliphatic heterocycles. The third kappa shape index (κ3) is 4.33. The van der Waals surface area contributed by atoms with E-state index in [1.54, 1.807) is 4.90 Å². The highest BCUT2D eigenvalue weighted by Crippen LogP contribution is 2.15. The van der Waals surface area contributed by atoms with E-state index < -0.39 is 0 Å². The summed E-state index contributed by atoms with van der Waals surface area (Å²) in [6.45, 7) is 10.1. The molecule has 0 unspecified atom stereocenters. The fourth-order valence-corrected chi connectivity index (χ4v) is 3.14. The Balaban J connectivity index is 1.55. The Morgan fingerprint density at radius 3 is 2.46 bits per heavy atom. The van der Waals surface area contributed by atoms with Crippen molar-refractivity contribution < 1.29 is 9.59 Å². The van der Waals surface area contributed by atoms with Crippen molar-refractivity contribution in [2.24, 2.45) is 0 Å². The number of hydrogen-bond donors (Lipinski definition) is 2. The van der Waals surface area contributed by atoms with E-state index in [0.717, 1.165) is 22.4 Å². The Bertz CT molecular complexity index is 813. The summed E-state index contributed by atoms with van der Waals surface area (Å²) in [5.74, 6) is 0.963. The number of imidazole rings is 1. The van der Waals surface area contributed by atoms with Crippen molar-refractivity contribution in [3.05, 3.63) is 29.6 Å². The van der Waals surface area contributed by atoms with Gasteiger partial charge >= 0.3 is 6.03 Å². The molecule has 1 saturated heterocycles. The number of benzene rings is 1. The number of hydrogen-bond acceptors (Lipinski definition) is 3. The van der Waals surface area contributed by atoms with Gasteiger partial charge in [0, 0.05) is 31.7 Å². The van der Waals surface area contributed by atoms with Gasteiger partial charge in [0.05, 0.1) is 17.5 Å². The minimum Gasteiger partial charge on any atom is -0.342 e. The van der Waals surface area contributed by atoms with Crippen molar-refractivity contribution in [1.29, 1.82) is 0 Å². The van der Waals surface area contributed by atoms with Crippen LogP contribution in [-0.2, 0) is 11.2 Å². The number of urea groups is 1. The molecule has 26 heavy (non-hydrogen) atoms. The second-order valence-corrected chi connectivity index (χ2v) is 7.90. The third-order valence-electron chi connectivity index (χ3n) is 4.42. The Labute approximate surface area is 153 Å². The topological polar surface area (TPSA) is 81.3 Å². The minimum absolute atomic E-state index is 0.0651. The zero-order chi connectivity index (χ0) is 18.9. The van der Waals surface area contributed by atoms with Crippen LogP contribution in [0.3, 0.4) is 0 Å². The molecule has 0 radical (unpaired) electrons. The first kappa shape index (κ1) is 18.2. The molecule has 2 aromatic rings. The second kappa shape index (κ2) is 6.97. The van der Waals surface area contributed by atoms with Crippen molar-refractivity contribution in [1.82, 2.24) is 25.1 Å². The number of nitrogens with one attached hydrogen (secondary N) is 2. The van der Waals surface area contributed by atoms with Gasteiger partial charge in [0.15, 0.2) is 0 Å². The SMILES string of the molecule is Cc1nc2ccc(CC(=O)N3CCN(C(=O)NC(C)(C)C)CC3)cc2[nH]1. The van der Waals surface area contributed by atoms with Gasteiger partial charge < -0.3 is 20.1 Å². The molecule has 0 atom stereocenters. The molecule has 1 aliphatic rings. The van der Waals surface area contributed by atoms with E-state index in [0.29, 0.717) is 32.6 Å². The van der Waals surface area contributed by atoms with E-state index in [1.807, 2.05) is 50.8 Å². The largest absolute Gasteiger partial charge is 0.342 e. The number of piperazine rings is 1. The van der Waals surface area contributed by atoms with Gasteiger partial charge in [0.2, 0.25) is 5.91 Å². The van der Waals surface area contributed by atoms with Crippen LogP contribution < -0.4 is 5.32 Å². The van der Waals surface area contributed by atoms with Crippen molar-refractivity contribution in [2.45, 2.75) is 39.7 Å². The summed E-state index contributed by atoms with van der Waals surface area (Å²) < 4.78 is 0. The van der Waals surface area contributed by atoms with Crippen LogP contribution in [0.4, 0.5) is 4.79 Å². The molecule has 1 aromatic heterocycles. The van der Waals surface area contributed by atoms with Crippen molar-refractivity contribution >= 4 is 23.0 Å². The summed E-state index contributed by atoms with van der Waals surface area (Å²) in [5.41, 5.74) is 2.58. The van der Waals surface area contributed by atoms with E-state index in [4.69, 9.17) is 0 Å². The van der Waals surface area contributed by atoms with Crippen LogP contribution in [0.15, 0.2) is 18.2 Å². The zero-order valence-electron chi connectivity index (χ0n) is 15.9. The maximum atomic E-state index is 12.6. The molecule has 0 spiro atoms. The van der Waals surface area contributed by atoms with Gasteiger partial charge in [-0.2, -0.15) is 0 Å². The molecule has 0 saturated carbocycles. The molecule has 0 aliphatic carbocycles. The van der Waals surface area contributed by atoms with Gasteiger partial charge in [-0.25, -0.2) is 9.78 Å². The predicted octanol–water partition coefficient (Wildman–Crippen LogP) is 2.07. The fourth-order valence-electron chi connectivity index (χ4n) is 3.14. The van der Waals surface area contributed by atoms with E-state index in [-0.39, 0.29) is 17.5 Å². The number of amides is 3. The first-order valence-corrected chi connectivity index (χ1v) is 9.01. The molecule has 2 N–H and O–H groups in total. The molecular formula is C19H27N5O2. The summed E-state index contributed by atoms with van der Waals surface area (Å²) >= 11 is 0. The molecule has 3 amide bonds. The number of aromatic nitrogens is 2. The number of H-pyrrole nitrogens is 1. The lowest BCUT2D eigenvalue weighted by Gasteiger charge is -2.36. The molecule has 7 heteroatoms. The molecular weight excluding hydrogens is 330 g/mol. The molecule has 2 heterocycles. The van der Waals surface area contributed by atoms with E-state index in [1.165, 1.54) is 0 Å². The van der Waals surface area contributed by atoms with Crippen LogP contribution in [0.2, 0.25) is 0 Å². The van der Waals surface area contributed by atoms with Crippen LogP contribution >= 0.6 is 0 Å². The van der Waals surface area contributed by atoms with E-state index in [9.17, 15) is 9.59 Å². The van der Waals surface area contributed by atoms with Gasteiger partial charge in [-0.05, 0) is 45.4 Å². The number of aryl methyl sites for hydroxylation is 1. The Kier molecular flexibility index (Phi) is 4.89. The highest BCUT2D eigenvalue weighted by molar-refractivity contribution is 5.82. The Hall–Kier alpha value is -2.57. The first-order valence-electron chi connectivity index (χ1n) is 9.01. The average molecular weight is 357 g/mol. The maximum absolute atomic E-state index is 12.6. The van der Waals surface area contributed by atoms with Crippen LogP contribution in [-0.4, -0.2) is 63.4 Å². The number of nitrogens with zero attached hydrogens (tertiary/aromatic N) is 3. The molecule has 1 fully saturated rings. The summed E-state index contributed by atoms with van der Waals surface area (Å²) in [5, 5.41) is 2.97. The van der Waals surface area contributed by atoms with Crippen LogP contribution in [0.25, 0.3) is 11.0 Å². The average Bonchev–Trinajstić information content (AvgIpc) is 2.92. The highest BCUT2D eigenvalue weighted by atomic mass is 16.2. The third-order valence-corrected chi connectivity index (χ3v) is 4.42. The number of fused-ring (bicyclic) bond motifs is 1. The van der Waals surface area contributed by atoms with Gasteiger partial charge in [-0.3, -0.25) is 4.79 Å². The van der Waals surface area contributed by atoms with Crippen molar-refractivity contribution in [3.8, 4) is 0 Å². The smallest absolute Gasteiger partial charge is 0.317 e. The lowest BCUT2D eigenvalue weighted by Crippen LogP contribution is -2.56. The first-order chi connectivity index (χ1) is 12.2. The minimum atomic E-state index is -0.256. The summed E-state index contributed by atoms with van der Waals surface area (Å²) in [6, 6.07) is 5.81. The molecule has 0 bridgehead atoms. The van der Waals surface area contributed by atoms with Crippen LogP contribution in [0.1, 0.15) is 32.2 Å². The monoisotopic (exact) mass is 357 g/mol. The molecule has 7 nitrogen and oxygen atoms in total. The summed E-state index contributed by atoms with van der Waals surface area (Å²) in [6.07, 6.45) is 0.363. The summed E-state index contributed by atoms with van der Waals surface area (Å²) in [7, 11) is 0. The van der Waals surface area contributed by atoms with E-state index in [2.05, 4.69) is 15.3 Å². The fraction of sp³-hybridized carbons (Fsp3) is 0.526. The van der Waals surface area contributed by atoms with Gasteiger partial charge in [-0.15, -0.1) is 0 Å². The highest BCUT2D eigenvalue weighted by Gasteiger charge is 2.26. The standard InChI is InChI=1S/C19H27N5O2/c1-13-20-15-6-5-14(11-16(15)21-13)12-17(25)23-7-9-24(10-8-23)18(26)22-19(2,3)4/h5-6,11H,7-10,12H2,1-4H3,(H,20,21)(H,22,26). The number of carbonyl (C=O) groups excluding carboxylic acids is 2. The predicted molar refractivity (Wildman–Crippen MR) is 101 cm³/mol. The van der Waals surface area contributed by atoms with Gasteiger partial charge in [0.1, 0.15) is 5.82 Å². The number of carbonyl (C=O) groups is 2. The van der Waals surface area contributed by atoms with Crippen molar-refractivity contribution in [2.75, 3.05) is 26.2 Å². The Morgan fingerprint density at radius 1 is 1.15 bits per heavy atom. The normalized spacial score (nSPS) is 15.4. The lowest BCUT2D eigenvalue weighted by molar-refractivity contribution is -0.131. The molecule has 1 aromatic carbocycles. The number of rotatable bonds is 2. The van der Waals surface area contributed by atoms with Crippen molar-refractivity contribution in [3.63, 3.8) is 0 Å². The van der Waals surface area contributed by atoms with Crippen LogP contribution in [0, 0.1) is 6.92 Å². The summed E-state index contributed by atoms with van der Waals surface area (Å²) in [4.78, 5) is 36.0. The molecule has 3 rings (SSSR count). The maximum Gasteiger partial charge on any atom is 0.317 e. The quantitative estimate of drug-likeness (QED) is 0.863. The van der Waals surface area contributed by atoms with E-state index >= 15 is 0 Å². The number of aromatic amines is 1. The van der Waals surface area contributed by atoms with Crippen LogP contribution in [0.5, 0.6) is 0 Å². The van der Waals surface area contributed by atoms with Gasteiger partial charge in [0.25, 0.3) is 0 Å². The van der Waals surface area contributed by atoms with Gasteiger partial charge in [-0.1, -0.05) is 6.07 Å². The second-order valence-electron chi connectivity index (χ2n) is 7.90. The molecule has 140 valence electrons. The Morgan fingerprint density at radius 2 is 1.81 bits per heavy atom.